The molecule has 6 rings (SSSR count). The van der Waals surface area contributed by atoms with Crippen LogP contribution >= 0.6 is 0 Å². The Morgan fingerprint density at radius 3 is 1.32 bits per heavy atom. The molecule has 0 radical (unpaired) electrons. The Morgan fingerprint density at radius 2 is 1.00 bits per heavy atom. The van der Waals surface area contributed by atoms with E-state index in [2.05, 4.69) is 0 Å². The molecule has 2 aromatic carbocycles. The molecule has 4 aliphatic heterocycles. The zero-order chi connectivity index (χ0) is 15.7. The summed E-state index contributed by atoms with van der Waals surface area (Å²) in [6.07, 6.45) is -0.0128. The molecule has 4 heteroatoms. The number of nitrogens with zero attached hydrogens (tertiary/aromatic N) is 2. The van der Waals surface area contributed by atoms with Gasteiger partial charge in [0.25, 0.3) is 0 Å². The molecule has 0 aromatic heterocycles. The number of likely N-dealkylation sites (N-methyl/N-ethyl adjacent to an activating group) is 2. The quantitative estimate of drug-likeness (QED) is 0.781. The van der Waals surface area contributed by atoms with Crippen molar-refractivity contribution < 1.29 is 10.2 Å². The summed E-state index contributed by atoms with van der Waals surface area (Å²) in [5.41, 5.74) is 4.07. The molecule has 4 nitrogen and oxygen atoms in total. The molecule has 2 aromatic rings. The van der Waals surface area contributed by atoms with Gasteiger partial charge < -0.3 is 20.0 Å². The fourth-order valence-corrected chi connectivity index (χ4v) is 2.77. The second-order valence-corrected chi connectivity index (χ2v) is 5.92. The van der Waals surface area contributed by atoms with Crippen LogP contribution in [0.15, 0.2) is 48.5 Å². The molecule has 22 heavy (non-hydrogen) atoms. The minimum absolute atomic E-state index is 0.560. The Kier molecular flexibility index (Phi) is 4.05. The molecular formula is C18H22N2O2. The second-order valence-electron chi connectivity index (χ2n) is 5.92. The fraction of sp³-hybridized carbons (Fsp3) is 0.333. The molecule has 0 spiro atoms. The van der Waals surface area contributed by atoms with Gasteiger partial charge in [-0.3, -0.25) is 0 Å². The van der Waals surface area contributed by atoms with Crippen molar-refractivity contribution in [2.45, 2.75) is 25.3 Å². The van der Waals surface area contributed by atoms with Crippen LogP contribution < -0.4 is 9.80 Å². The van der Waals surface area contributed by atoms with Gasteiger partial charge in [-0.25, -0.2) is 0 Å². The lowest BCUT2D eigenvalue weighted by Gasteiger charge is -2.29. The van der Waals surface area contributed by atoms with Crippen molar-refractivity contribution in [3.05, 3.63) is 59.7 Å². The van der Waals surface area contributed by atoms with Crippen molar-refractivity contribution >= 4 is 11.4 Å². The third-order valence-corrected chi connectivity index (χ3v) is 4.42. The van der Waals surface area contributed by atoms with E-state index >= 15 is 0 Å². The highest BCUT2D eigenvalue weighted by molar-refractivity contribution is 5.50. The number of aliphatic hydroxyl groups is 2. The number of hydrogen-bond donors (Lipinski definition) is 2. The first kappa shape index (κ1) is 14.9. The summed E-state index contributed by atoms with van der Waals surface area (Å²) < 4.78 is 0. The highest BCUT2D eigenvalue weighted by atomic mass is 16.3. The number of aliphatic hydroxyl groups excluding tert-OH is 2. The van der Waals surface area contributed by atoms with E-state index in [0.717, 1.165) is 22.5 Å². The van der Waals surface area contributed by atoms with Crippen LogP contribution in [0.1, 0.15) is 11.1 Å². The first-order valence-electron chi connectivity index (χ1n) is 7.54. The molecule has 0 fully saturated rings. The van der Waals surface area contributed by atoms with E-state index in [9.17, 15) is 10.2 Å². The minimum Gasteiger partial charge on any atom is -0.373 e. The highest BCUT2D eigenvalue weighted by Gasteiger charge is 2.16. The molecule has 0 saturated heterocycles. The largest absolute Gasteiger partial charge is 0.373 e. The van der Waals surface area contributed by atoms with Crippen molar-refractivity contribution in [1.29, 1.82) is 0 Å². The molecule has 0 amide bonds. The van der Waals surface area contributed by atoms with E-state index in [1.807, 2.05) is 72.4 Å². The van der Waals surface area contributed by atoms with Crippen LogP contribution in [0.25, 0.3) is 0 Å². The van der Waals surface area contributed by atoms with Crippen molar-refractivity contribution in [2.75, 3.05) is 23.9 Å². The summed E-state index contributed by atoms with van der Waals surface area (Å²) in [6, 6.07) is 16.0. The van der Waals surface area contributed by atoms with E-state index < -0.39 is 12.5 Å². The summed E-state index contributed by atoms with van der Waals surface area (Å²) >= 11 is 0. The second kappa shape index (κ2) is 5.99. The van der Waals surface area contributed by atoms with Crippen LogP contribution in [-0.4, -0.2) is 36.8 Å². The van der Waals surface area contributed by atoms with Crippen LogP contribution in [-0.2, 0) is 12.8 Å². The lowest BCUT2D eigenvalue weighted by molar-refractivity contribution is 0.173. The Labute approximate surface area is 131 Å². The first-order valence-corrected chi connectivity index (χ1v) is 7.54. The molecular weight excluding hydrogens is 276 g/mol. The van der Waals surface area contributed by atoms with Gasteiger partial charge in [0.2, 0.25) is 0 Å². The molecule has 116 valence electrons. The minimum atomic E-state index is -0.567. The van der Waals surface area contributed by atoms with Crippen LogP contribution in [0.4, 0.5) is 11.4 Å². The van der Waals surface area contributed by atoms with Gasteiger partial charge in [0.05, 0.1) is 0 Å². The normalized spacial score (nSPS) is 22.0. The van der Waals surface area contributed by atoms with E-state index in [1.165, 1.54) is 0 Å². The molecule has 2 atom stereocenters. The number of hydrogen-bond acceptors (Lipinski definition) is 4. The van der Waals surface area contributed by atoms with Gasteiger partial charge in [0.1, 0.15) is 12.5 Å². The SMILES string of the molecule is CN1c2ccc(cc2)C[C@H](O)N(C)c2ccc(cc2)C[C@@H]1O. The van der Waals surface area contributed by atoms with E-state index in [-0.39, 0.29) is 0 Å². The Bertz CT molecular complexity index is 567. The lowest BCUT2D eigenvalue weighted by atomic mass is 10.1. The van der Waals surface area contributed by atoms with Crippen molar-refractivity contribution in [1.82, 2.24) is 0 Å². The smallest absolute Gasteiger partial charge is 0.130 e. The van der Waals surface area contributed by atoms with E-state index in [1.54, 1.807) is 0 Å². The molecule has 0 aliphatic carbocycles. The zero-order valence-electron chi connectivity index (χ0n) is 13.0. The summed E-state index contributed by atoms with van der Waals surface area (Å²) in [4.78, 5) is 3.73. The summed E-state index contributed by atoms with van der Waals surface area (Å²) in [6.45, 7) is 0. The highest BCUT2D eigenvalue weighted by Crippen LogP contribution is 2.22. The van der Waals surface area contributed by atoms with Gasteiger partial charge in [-0.1, -0.05) is 24.3 Å². The van der Waals surface area contributed by atoms with Crippen LogP contribution in [0.2, 0.25) is 0 Å². The van der Waals surface area contributed by atoms with Crippen molar-refractivity contribution in [2.24, 2.45) is 0 Å². The van der Waals surface area contributed by atoms with Gasteiger partial charge in [-0.2, -0.15) is 0 Å². The topological polar surface area (TPSA) is 46.9 Å². The van der Waals surface area contributed by atoms with Crippen molar-refractivity contribution in [3.63, 3.8) is 0 Å². The van der Waals surface area contributed by atoms with Crippen LogP contribution in [0.3, 0.4) is 0 Å². The Balaban J connectivity index is 1.99. The number of benzene rings is 2. The maximum atomic E-state index is 10.4. The molecule has 4 bridgehead atoms. The summed E-state index contributed by atoms with van der Waals surface area (Å²) in [7, 11) is 3.78. The van der Waals surface area contributed by atoms with E-state index in [0.29, 0.717) is 12.8 Å². The standard InChI is InChI=1S/C18H22N2O2/c1-19-15-7-3-14(4-8-15)12-18(22)20(2)16-9-5-13(6-10-16)11-17(19)21/h3-10,17-18,21-22H,11-12H2,1-2H3/t17-,18-/m0/s1. The fourth-order valence-electron chi connectivity index (χ4n) is 2.77. The average molecular weight is 298 g/mol. The van der Waals surface area contributed by atoms with Crippen LogP contribution in [0, 0.1) is 0 Å². The van der Waals surface area contributed by atoms with Gasteiger partial charge >= 0.3 is 0 Å². The zero-order valence-corrected chi connectivity index (χ0v) is 13.0. The monoisotopic (exact) mass is 298 g/mol. The lowest BCUT2D eigenvalue weighted by Crippen LogP contribution is -2.34. The van der Waals surface area contributed by atoms with Crippen molar-refractivity contribution in [3.8, 4) is 0 Å². The van der Waals surface area contributed by atoms with Gasteiger partial charge in [-0.05, 0) is 35.4 Å². The van der Waals surface area contributed by atoms with Gasteiger partial charge in [0.15, 0.2) is 0 Å². The van der Waals surface area contributed by atoms with Gasteiger partial charge in [0, 0.05) is 38.3 Å². The Hall–Kier alpha value is -2.04. The predicted molar refractivity (Wildman–Crippen MR) is 89.1 cm³/mol. The third-order valence-electron chi connectivity index (χ3n) is 4.42. The Morgan fingerprint density at radius 1 is 0.682 bits per heavy atom. The summed E-state index contributed by atoms with van der Waals surface area (Å²) in [5, 5.41) is 20.8. The van der Waals surface area contributed by atoms with Crippen LogP contribution in [0.5, 0.6) is 0 Å². The maximum absolute atomic E-state index is 10.4. The molecule has 4 aliphatic rings. The average Bonchev–Trinajstić information content (AvgIpc) is 2.54. The number of rotatable bonds is 0. The molecule has 2 N–H and O–H groups in total. The van der Waals surface area contributed by atoms with Gasteiger partial charge in [-0.15, -0.1) is 0 Å². The number of anilines is 2. The van der Waals surface area contributed by atoms with E-state index in [4.69, 9.17) is 0 Å². The molecule has 0 saturated carbocycles. The summed E-state index contributed by atoms with van der Waals surface area (Å²) in [5.74, 6) is 0. The molecule has 0 unspecified atom stereocenters. The molecule has 4 heterocycles. The predicted octanol–water partition coefficient (Wildman–Crippen LogP) is 1.99. The first-order chi connectivity index (χ1) is 10.5. The maximum Gasteiger partial charge on any atom is 0.130 e. The third kappa shape index (κ3) is 2.93.